The van der Waals surface area contributed by atoms with E-state index in [-0.39, 0.29) is 10.6 Å². The van der Waals surface area contributed by atoms with Gasteiger partial charge in [-0.1, -0.05) is 18.2 Å². The minimum absolute atomic E-state index is 0.0145. The molecule has 0 aliphatic heterocycles. The largest absolute Gasteiger partial charge is 0.277 e. The van der Waals surface area contributed by atoms with E-state index in [0.717, 1.165) is 4.88 Å². The second kappa shape index (κ2) is 5.54. The molecule has 0 bridgehead atoms. The molecule has 8 heteroatoms. The lowest BCUT2D eigenvalue weighted by molar-refractivity contribution is 0.598. The van der Waals surface area contributed by atoms with Crippen LogP contribution in [0.15, 0.2) is 52.9 Å². The molecule has 0 fully saturated rings. The van der Waals surface area contributed by atoms with Gasteiger partial charge in [0.1, 0.15) is 16.4 Å². The van der Waals surface area contributed by atoms with Gasteiger partial charge in [0.15, 0.2) is 0 Å². The van der Waals surface area contributed by atoms with Gasteiger partial charge >= 0.3 is 0 Å². The van der Waals surface area contributed by atoms with Crippen molar-refractivity contribution in [1.82, 2.24) is 9.78 Å². The Morgan fingerprint density at radius 2 is 2.00 bits per heavy atom. The van der Waals surface area contributed by atoms with E-state index in [2.05, 4.69) is 9.82 Å². The lowest BCUT2D eigenvalue weighted by Crippen LogP contribution is -2.14. The lowest BCUT2D eigenvalue weighted by atomic mass is 10.3. The Morgan fingerprint density at radius 3 is 2.68 bits per heavy atom. The minimum Gasteiger partial charge on any atom is -0.277 e. The first-order chi connectivity index (χ1) is 10.5. The Morgan fingerprint density at radius 1 is 1.23 bits per heavy atom. The summed E-state index contributed by atoms with van der Waals surface area (Å²) in [6.07, 6.45) is 1.40. The van der Waals surface area contributed by atoms with Crippen LogP contribution in [0, 0.1) is 5.82 Å². The minimum atomic E-state index is -3.94. The van der Waals surface area contributed by atoms with Crippen LogP contribution in [0.25, 0.3) is 10.6 Å². The predicted molar refractivity (Wildman–Crippen MR) is 83.7 cm³/mol. The van der Waals surface area contributed by atoms with Crippen LogP contribution in [0.5, 0.6) is 0 Å². The summed E-state index contributed by atoms with van der Waals surface area (Å²) >= 11 is 1.39. The number of sulfonamides is 1. The van der Waals surface area contributed by atoms with E-state index in [9.17, 15) is 12.8 Å². The van der Waals surface area contributed by atoms with Gasteiger partial charge in [-0.15, -0.1) is 11.3 Å². The first-order valence-electron chi connectivity index (χ1n) is 6.32. The standard InChI is InChI=1S/C14H12FN3O2S2/c1-18-9-13(14(16-18)12-7-4-8-21-12)22(19,20)17-11-6-3-2-5-10(11)15/h2-9,17H,1H3. The highest BCUT2D eigenvalue weighted by molar-refractivity contribution is 7.92. The molecule has 1 N–H and O–H groups in total. The monoisotopic (exact) mass is 337 g/mol. The van der Waals surface area contributed by atoms with E-state index in [1.165, 1.54) is 40.4 Å². The third-order valence-corrected chi connectivity index (χ3v) is 5.20. The average molecular weight is 337 g/mol. The first-order valence-corrected chi connectivity index (χ1v) is 8.68. The highest BCUT2D eigenvalue weighted by Gasteiger charge is 2.24. The maximum Gasteiger partial charge on any atom is 0.265 e. The second-order valence-electron chi connectivity index (χ2n) is 4.58. The number of nitrogens with zero attached hydrogens (tertiary/aromatic N) is 2. The molecule has 0 spiro atoms. The van der Waals surface area contributed by atoms with Crippen molar-refractivity contribution in [3.05, 3.63) is 53.8 Å². The molecule has 2 aromatic heterocycles. The lowest BCUT2D eigenvalue weighted by Gasteiger charge is -2.08. The summed E-state index contributed by atoms with van der Waals surface area (Å²) in [6.45, 7) is 0. The van der Waals surface area contributed by atoms with E-state index in [0.29, 0.717) is 5.69 Å². The van der Waals surface area contributed by atoms with Gasteiger partial charge in [0.05, 0.1) is 10.6 Å². The number of nitrogens with one attached hydrogen (secondary N) is 1. The Kier molecular flexibility index (Phi) is 3.71. The quantitative estimate of drug-likeness (QED) is 0.796. The molecule has 3 aromatic rings. The average Bonchev–Trinajstić information content (AvgIpc) is 3.10. The number of hydrogen-bond donors (Lipinski definition) is 1. The number of anilines is 1. The van der Waals surface area contributed by atoms with Gasteiger partial charge in [0, 0.05) is 13.2 Å². The number of aryl methyl sites for hydroxylation is 1. The van der Waals surface area contributed by atoms with Crippen molar-refractivity contribution in [2.45, 2.75) is 4.90 Å². The third-order valence-electron chi connectivity index (χ3n) is 2.96. The van der Waals surface area contributed by atoms with Gasteiger partial charge in [-0.3, -0.25) is 9.40 Å². The molecule has 114 valence electrons. The van der Waals surface area contributed by atoms with Gasteiger partial charge in [0.2, 0.25) is 0 Å². The Labute approximate surface area is 131 Å². The summed E-state index contributed by atoms with van der Waals surface area (Å²) in [7, 11) is -2.30. The Balaban J connectivity index is 2.05. The van der Waals surface area contributed by atoms with Crippen LogP contribution >= 0.6 is 11.3 Å². The maximum atomic E-state index is 13.7. The Bertz CT molecular complexity index is 902. The summed E-state index contributed by atoms with van der Waals surface area (Å²) in [5.74, 6) is -0.632. The number of halogens is 1. The van der Waals surface area contributed by atoms with Gasteiger partial charge < -0.3 is 0 Å². The smallest absolute Gasteiger partial charge is 0.265 e. The fourth-order valence-corrected chi connectivity index (χ4v) is 4.04. The number of rotatable bonds is 4. The van der Waals surface area contributed by atoms with E-state index in [4.69, 9.17) is 0 Å². The zero-order valence-electron chi connectivity index (χ0n) is 11.5. The van der Waals surface area contributed by atoms with Crippen LogP contribution < -0.4 is 4.72 Å². The highest BCUT2D eigenvalue weighted by Crippen LogP contribution is 2.30. The molecule has 2 heterocycles. The summed E-state index contributed by atoms with van der Waals surface area (Å²) < 4.78 is 42.5. The molecular formula is C14H12FN3O2S2. The topological polar surface area (TPSA) is 64.0 Å². The van der Waals surface area contributed by atoms with E-state index >= 15 is 0 Å². The van der Waals surface area contributed by atoms with Crippen molar-refractivity contribution < 1.29 is 12.8 Å². The van der Waals surface area contributed by atoms with Crippen molar-refractivity contribution in [3.8, 4) is 10.6 Å². The molecule has 0 saturated carbocycles. The van der Waals surface area contributed by atoms with Crippen LogP contribution in [0.1, 0.15) is 0 Å². The molecule has 0 amide bonds. The fourth-order valence-electron chi connectivity index (χ4n) is 1.99. The fraction of sp³-hybridized carbons (Fsp3) is 0.0714. The third kappa shape index (κ3) is 2.75. The maximum absolute atomic E-state index is 13.7. The SMILES string of the molecule is Cn1cc(S(=O)(=O)Nc2ccccc2F)c(-c2cccs2)n1. The first kappa shape index (κ1) is 14.7. The van der Waals surface area contributed by atoms with Gasteiger partial charge in [-0.05, 0) is 23.6 Å². The van der Waals surface area contributed by atoms with Crippen LogP contribution in [0.4, 0.5) is 10.1 Å². The molecule has 5 nitrogen and oxygen atoms in total. The highest BCUT2D eigenvalue weighted by atomic mass is 32.2. The predicted octanol–water partition coefficient (Wildman–Crippen LogP) is 3.09. The van der Waals surface area contributed by atoms with Crippen LogP contribution in [-0.4, -0.2) is 18.2 Å². The summed E-state index contributed by atoms with van der Waals surface area (Å²) in [5, 5.41) is 6.04. The zero-order valence-corrected chi connectivity index (χ0v) is 13.2. The van der Waals surface area contributed by atoms with Crippen molar-refractivity contribution in [3.63, 3.8) is 0 Å². The molecule has 0 radical (unpaired) electrons. The van der Waals surface area contributed by atoms with Gasteiger partial charge in [-0.25, -0.2) is 12.8 Å². The summed E-state index contributed by atoms with van der Waals surface area (Å²) in [5.41, 5.74) is 0.254. The molecule has 0 aliphatic rings. The molecule has 3 rings (SSSR count). The number of benzene rings is 1. The number of thiophene rings is 1. The van der Waals surface area contributed by atoms with Crippen molar-refractivity contribution in [2.24, 2.45) is 7.05 Å². The van der Waals surface area contributed by atoms with Crippen molar-refractivity contribution in [2.75, 3.05) is 4.72 Å². The number of aromatic nitrogens is 2. The van der Waals surface area contributed by atoms with E-state index in [1.54, 1.807) is 19.2 Å². The van der Waals surface area contributed by atoms with Crippen LogP contribution in [0.2, 0.25) is 0 Å². The summed E-state index contributed by atoms with van der Waals surface area (Å²) in [6, 6.07) is 9.22. The Hall–Kier alpha value is -2.19. The van der Waals surface area contributed by atoms with Crippen LogP contribution in [-0.2, 0) is 17.1 Å². The van der Waals surface area contributed by atoms with E-state index < -0.39 is 15.8 Å². The molecular weight excluding hydrogens is 325 g/mol. The molecule has 0 unspecified atom stereocenters. The molecule has 0 saturated heterocycles. The number of para-hydroxylation sites is 1. The van der Waals surface area contributed by atoms with Gasteiger partial charge in [-0.2, -0.15) is 5.10 Å². The molecule has 0 atom stereocenters. The summed E-state index contributed by atoms with van der Waals surface area (Å²) in [4.78, 5) is 0.746. The normalized spacial score (nSPS) is 11.5. The second-order valence-corrected chi connectivity index (χ2v) is 7.18. The van der Waals surface area contributed by atoms with Crippen molar-refractivity contribution in [1.29, 1.82) is 0 Å². The van der Waals surface area contributed by atoms with Crippen molar-refractivity contribution >= 4 is 27.0 Å². The van der Waals surface area contributed by atoms with Gasteiger partial charge in [0.25, 0.3) is 10.0 Å². The molecule has 0 aliphatic carbocycles. The molecule has 22 heavy (non-hydrogen) atoms. The molecule has 1 aromatic carbocycles. The zero-order chi connectivity index (χ0) is 15.7. The number of hydrogen-bond acceptors (Lipinski definition) is 4. The van der Waals surface area contributed by atoms with E-state index in [1.807, 2.05) is 11.4 Å². The van der Waals surface area contributed by atoms with Crippen LogP contribution in [0.3, 0.4) is 0 Å².